The van der Waals surface area contributed by atoms with E-state index in [0.717, 1.165) is 32.7 Å². The molecule has 0 atom stereocenters. The molecule has 0 N–H and O–H groups in total. The van der Waals surface area contributed by atoms with Crippen LogP contribution in [0.2, 0.25) is 5.02 Å². The summed E-state index contributed by atoms with van der Waals surface area (Å²) in [5, 5.41) is 1.80. The van der Waals surface area contributed by atoms with Crippen molar-refractivity contribution in [3.8, 4) is 5.75 Å². The molecule has 0 saturated carbocycles. The van der Waals surface area contributed by atoms with E-state index in [-0.39, 0.29) is 5.82 Å². The van der Waals surface area contributed by atoms with E-state index in [4.69, 9.17) is 16.3 Å². The normalized spacial score (nSPS) is 11.1. The fourth-order valence-electron chi connectivity index (χ4n) is 3.39. The molecule has 2 aromatic carbocycles. The van der Waals surface area contributed by atoms with Crippen LogP contribution in [0.3, 0.4) is 0 Å². The number of halogens is 2. The van der Waals surface area contributed by atoms with E-state index in [1.165, 1.54) is 17.7 Å². The van der Waals surface area contributed by atoms with Crippen LogP contribution in [0.25, 0.3) is 10.9 Å². The first kappa shape index (κ1) is 18.5. The Bertz CT molecular complexity index is 1140. The summed E-state index contributed by atoms with van der Waals surface area (Å²) >= 11 is 6.39. The third-order valence-electron chi connectivity index (χ3n) is 5.10. The second kappa shape index (κ2) is 7.64. The summed E-state index contributed by atoms with van der Waals surface area (Å²) in [6.45, 7) is 5.17. The van der Waals surface area contributed by atoms with Crippen molar-refractivity contribution in [3.63, 3.8) is 0 Å². The van der Waals surface area contributed by atoms with Crippen molar-refractivity contribution in [1.29, 1.82) is 0 Å². The van der Waals surface area contributed by atoms with Crippen LogP contribution in [-0.4, -0.2) is 9.55 Å². The molecule has 5 heteroatoms. The molecule has 2 aromatic heterocycles. The maximum absolute atomic E-state index is 13.1. The van der Waals surface area contributed by atoms with Gasteiger partial charge in [-0.2, -0.15) is 0 Å². The number of pyridine rings is 1. The molecular formula is C23H20ClFN2O. The van der Waals surface area contributed by atoms with Gasteiger partial charge in [0.05, 0.1) is 11.7 Å². The first-order valence-electron chi connectivity index (χ1n) is 9.08. The topological polar surface area (TPSA) is 27.1 Å². The van der Waals surface area contributed by atoms with E-state index in [0.29, 0.717) is 18.9 Å². The highest BCUT2D eigenvalue weighted by Gasteiger charge is 2.17. The summed E-state index contributed by atoms with van der Waals surface area (Å²) in [7, 11) is 0. The summed E-state index contributed by atoms with van der Waals surface area (Å²) in [6.07, 6.45) is 3.60. The summed E-state index contributed by atoms with van der Waals surface area (Å²) < 4.78 is 21.4. The highest BCUT2D eigenvalue weighted by molar-refractivity contribution is 6.31. The van der Waals surface area contributed by atoms with E-state index < -0.39 is 0 Å². The molecular weight excluding hydrogens is 375 g/mol. The predicted octanol–water partition coefficient (Wildman–Crippen LogP) is 6.07. The van der Waals surface area contributed by atoms with Crippen molar-refractivity contribution in [2.24, 2.45) is 0 Å². The van der Waals surface area contributed by atoms with Crippen LogP contribution in [0.1, 0.15) is 22.4 Å². The Kier molecular flexibility index (Phi) is 5.05. The Labute approximate surface area is 168 Å². The molecule has 2 heterocycles. The molecule has 0 spiro atoms. The van der Waals surface area contributed by atoms with Crippen LogP contribution in [0.5, 0.6) is 5.75 Å². The van der Waals surface area contributed by atoms with Crippen molar-refractivity contribution < 1.29 is 9.13 Å². The van der Waals surface area contributed by atoms with Gasteiger partial charge in [-0.3, -0.25) is 4.98 Å². The smallest absolute Gasteiger partial charge is 0.162 e. The number of fused-ring (bicyclic) bond motifs is 1. The zero-order chi connectivity index (χ0) is 19.7. The highest BCUT2D eigenvalue weighted by Crippen LogP contribution is 2.33. The van der Waals surface area contributed by atoms with Crippen LogP contribution >= 0.6 is 11.6 Å². The van der Waals surface area contributed by atoms with Gasteiger partial charge >= 0.3 is 0 Å². The standard InChI is InChI=1S/C23H20ClFN2O/c1-15-16(2)27(13-18-5-3-4-6-21(18)24)23-20(15)11-26-12-22(23)28-14-17-7-9-19(25)10-8-17/h3-12H,13-14H2,1-2H3. The van der Waals surface area contributed by atoms with E-state index in [1.54, 1.807) is 18.3 Å². The van der Waals surface area contributed by atoms with Crippen molar-refractivity contribution in [1.82, 2.24) is 9.55 Å². The van der Waals surface area contributed by atoms with Crippen molar-refractivity contribution in [2.75, 3.05) is 0 Å². The molecule has 28 heavy (non-hydrogen) atoms. The van der Waals surface area contributed by atoms with Crippen LogP contribution < -0.4 is 4.74 Å². The van der Waals surface area contributed by atoms with Gasteiger partial charge in [-0.25, -0.2) is 4.39 Å². The van der Waals surface area contributed by atoms with Crippen molar-refractivity contribution >= 4 is 22.5 Å². The lowest BCUT2D eigenvalue weighted by atomic mass is 10.2. The van der Waals surface area contributed by atoms with Crippen LogP contribution in [-0.2, 0) is 13.2 Å². The molecule has 0 amide bonds. The molecule has 0 aliphatic rings. The number of rotatable bonds is 5. The highest BCUT2D eigenvalue weighted by atomic mass is 35.5. The molecule has 3 nitrogen and oxygen atoms in total. The Morgan fingerprint density at radius 3 is 2.54 bits per heavy atom. The molecule has 0 radical (unpaired) electrons. The monoisotopic (exact) mass is 394 g/mol. The van der Waals surface area contributed by atoms with E-state index in [9.17, 15) is 4.39 Å². The van der Waals surface area contributed by atoms with E-state index in [2.05, 4.69) is 23.4 Å². The molecule has 142 valence electrons. The molecule has 4 rings (SSSR count). The van der Waals surface area contributed by atoms with Crippen molar-refractivity contribution in [2.45, 2.75) is 27.0 Å². The average molecular weight is 395 g/mol. The number of aromatic nitrogens is 2. The number of hydrogen-bond donors (Lipinski definition) is 0. The number of benzene rings is 2. The number of ether oxygens (including phenoxy) is 1. The maximum Gasteiger partial charge on any atom is 0.162 e. The number of nitrogens with zero attached hydrogens (tertiary/aromatic N) is 2. The second-order valence-electron chi connectivity index (χ2n) is 6.84. The summed E-state index contributed by atoms with van der Waals surface area (Å²) in [5.74, 6) is 0.442. The second-order valence-corrected chi connectivity index (χ2v) is 7.24. The van der Waals surface area contributed by atoms with Crippen molar-refractivity contribution in [3.05, 3.63) is 94.1 Å². The van der Waals surface area contributed by atoms with Gasteiger partial charge in [-0.05, 0) is 48.7 Å². The zero-order valence-electron chi connectivity index (χ0n) is 15.7. The first-order valence-corrected chi connectivity index (χ1v) is 9.46. The lowest BCUT2D eigenvalue weighted by Gasteiger charge is -2.13. The largest absolute Gasteiger partial charge is 0.485 e. The third kappa shape index (κ3) is 3.48. The average Bonchev–Trinajstić information content (AvgIpc) is 2.95. The first-order chi connectivity index (χ1) is 13.5. The third-order valence-corrected chi connectivity index (χ3v) is 5.47. The molecule has 0 aliphatic carbocycles. The molecule has 0 aliphatic heterocycles. The summed E-state index contributed by atoms with van der Waals surface area (Å²) in [5.41, 5.74) is 5.25. The fourth-order valence-corrected chi connectivity index (χ4v) is 3.59. The van der Waals surface area contributed by atoms with Gasteiger partial charge < -0.3 is 9.30 Å². The minimum Gasteiger partial charge on any atom is -0.485 e. The quantitative estimate of drug-likeness (QED) is 0.410. The van der Waals surface area contributed by atoms with Gasteiger partial charge in [0.25, 0.3) is 0 Å². The molecule has 0 unspecified atom stereocenters. The maximum atomic E-state index is 13.1. The molecule has 4 aromatic rings. The fraction of sp³-hybridized carbons (Fsp3) is 0.174. The van der Waals surface area contributed by atoms with Gasteiger partial charge in [0.1, 0.15) is 12.4 Å². The zero-order valence-corrected chi connectivity index (χ0v) is 16.5. The number of aryl methyl sites for hydroxylation is 1. The Morgan fingerprint density at radius 1 is 1.04 bits per heavy atom. The summed E-state index contributed by atoms with van der Waals surface area (Å²) in [6, 6.07) is 14.2. The molecule has 0 bridgehead atoms. The minimum atomic E-state index is -0.257. The van der Waals surface area contributed by atoms with Gasteiger partial charge in [0.2, 0.25) is 0 Å². The van der Waals surface area contributed by atoms with Crippen LogP contribution in [0, 0.1) is 19.7 Å². The van der Waals surface area contributed by atoms with E-state index >= 15 is 0 Å². The van der Waals surface area contributed by atoms with Gasteiger partial charge in [0, 0.05) is 28.8 Å². The van der Waals surface area contributed by atoms with Gasteiger partial charge in [-0.1, -0.05) is 41.9 Å². The van der Waals surface area contributed by atoms with Gasteiger partial charge in [0.15, 0.2) is 5.75 Å². The minimum absolute atomic E-state index is 0.257. The predicted molar refractivity (Wildman–Crippen MR) is 110 cm³/mol. The Balaban J connectivity index is 1.74. The Morgan fingerprint density at radius 2 is 1.79 bits per heavy atom. The molecule has 0 fully saturated rings. The number of hydrogen-bond acceptors (Lipinski definition) is 2. The lowest BCUT2D eigenvalue weighted by Crippen LogP contribution is -2.05. The van der Waals surface area contributed by atoms with Crippen LogP contribution in [0.4, 0.5) is 4.39 Å². The van der Waals surface area contributed by atoms with Gasteiger partial charge in [-0.15, -0.1) is 0 Å². The molecule has 0 saturated heterocycles. The Hall–Kier alpha value is -2.85. The van der Waals surface area contributed by atoms with Crippen LogP contribution in [0.15, 0.2) is 60.9 Å². The SMILES string of the molecule is Cc1c(C)n(Cc2ccccc2Cl)c2c(OCc3ccc(F)cc3)cncc12. The van der Waals surface area contributed by atoms with E-state index in [1.807, 2.05) is 30.5 Å². The lowest BCUT2D eigenvalue weighted by molar-refractivity contribution is 0.307. The summed E-state index contributed by atoms with van der Waals surface area (Å²) in [4.78, 5) is 4.35.